The van der Waals surface area contributed by atoms with Gasteiger partial charge in [-0.25, -0.2) is 0 Å². The molecule has 116 valence electrons. The molecule has 1 saturated heterocycles. The quantitative estimate of drug-likeness (QED) is 0.938. The van der Waals surface area contributed by atoms with Crippen LogP contribution >= 0.6 is 11.8 Å². The van der Waals surface area contributed by atoms with Crippen molar-refractivity contribution in [2.24, 2.45) is 0 Å². The molecule has 1 atom stereocenters. The Morgan fingerprint density at radius 3 is 3.05 bits per heavy atom. The van der Waals surface area contributed by atoms with Gasteiger partial charge in [0, 0.05) is 6.54 Å². The van der Waals surface area contributed by atoms with Gasteiger partial charge in [-0.2, -0.15) is 4.68 Å². The molecular weight excluding hydrogens is 298 g/mol. The van der Waals surface area contributed by atoms with E-state index < -0.39 is 0 Å². The second-order valence-electron chi connectivity index (χ2n) is 5.49. The van der Waals surface area contributed by atoms with Crippen LogP contribution in [0.4, 0.5) is 0 Å². The summed E-state index contributed by atoms with van der Waals surface area (Å²) < 4.78 is 1.73. The van der Waals surface area contributed by atoms with Gasteiger partial charge in [0.05, 0.1) is 10.9 Å². The van der Waals surface area contributed by atoms with Gasteiger partial charge in [0.25, 0.3) is 0 Å². The topological polar surface area (TPSA) is 72.7 Å². The maximum atomic E-state index is 12.1. The SMILES string of the molecule is Cc1cccc(-n2nnnc2S[C@H]2CCCCNC2=O)c1C. The minimum absolute atomic E-state index is 0.0815. The van der Waals surface area contributed by atoms with E-state index in [1.54, 1.807) is 4.68 Å². The summed E-state index contributed by atoms with van der Waals surface area (Å²) in [6.07, 6.45) is 2.93. The molecule has 0 spiro atoms. The molecule has 0 bridgehead atoms. The molecule has 2 aromatic rings. The molecule has 3 rings (SSSR count). The van der Waals surface area contributed by atoms with Crippen LogP contribution in [0.15, 0.2) is 23.4 Å². The summed E-state index contributed by atoms with van der Waals surface area (Å²) >= 11 is 1.44. The second-order valence-corrected chi connectivity index (χ2v) is 6.66. The molecule has 0 aliphatic carbocycles. The zero-order valence-electron chi connectivity index (χ0n) is 12.7. The van der Waals surface area contributed by atoms with E-state index >= 15 is 0 Å². The van der Waals surface area contributed by atoms with Gasteiger partial charge in [-0.15, -0.1) is 5.10 Å². The molecule has 0 radical (unpaired) electrons. The predicted molar refractivity (Wildman–Crippen MR) is 85.1 cm³/mol. The van der Waals surface area contributed by atoms with Gasteiger partial charge in [0.1, 0.15) is 0 Å². The van der Waals surface area contributed by atoms with Gasteiger partial charge < -0.3 is 5.32 Å². The molecule has 1 aliphatic heterocycles. The summed E-state index contributed by atoms with van der Waals surface area (Å²) in [5, 5.41) is 15.5. The van der Waals surface area contributed by atoms with Gasteiger partial charge in [-0.05, 0) is 54.3 Å². The number of amides is 1. The van der Waals surface area contributed by atoms with Crippen LogP contribution in [0, 0.1) is 13.8 Å². The normalized spacial score (nSPS) is 18.8. The van der Waals surface area contributed by atoms with Crippen LogP contribution in [-0.4, -0.2) is 37.9 Å². The van der Waals surface area contributed by atoms with Crippen LogP contribution in [0.25, 0.3) is 5.69 Å². The largest absolute Gasteiger partial charge is 0.355 e. The smallest absolute Gasteiger partial charge is 0.233 e. The Morgan fingerprint density at radius 2 is 2.18 bits per heavy atom. The number of tetrazole rings is 1. The minimum atomic E-state index is -0.127. The molecule has 0 saturated carbocycles. The van der Waals surface area contributed by atoms with E-state index in [2.05, 4.69) is 40.8 Å². The zero-order valence-corrected chi connectivity index (χ0v) is 13.6. The van der Waals surface area contributed by atoms with Crippen LogP contribution < -0.4 is 5.32 Å². The molecule has 1 aromatic heterocycles. The zero-order chi connectivity index (χ0) is 15.5. The Hall–Kier alpha value is -1.89. The summed E-state index contributed by atoms with van der Waals surface area (Å²) in [7, 11) is 0. The van der Waals surface area contributed by atoms with Crippen LogP contribution in [0.1, 0.15) is 30.4 Å². The highest BCUT2D eigenvalue weighted by molar-refractivity contribution is 8.00. The van der Waals surface area contributed by atoms with Crippen molar-refractivity contribution in [2.75, 3.05) is 6.54 Å². The molecular formula is C15H19N5OS. The molecule has 1 fully saturated rings. The fourth-order valence-corrected chi connectivity index (χ4v) is 3.57. The van der Waals surface area contributed by atoms with E-state index in [4.69, 9.17) is 0 Å². The van der Waals surface area contributed by atoms with Crippen molar-refractivity contribution in [2.45, 2.75) is 43.5 Å². The standard InChI is InChI=1S/C15H19N5OS/c1-10-6-5-7-12(11(10)2)20-15(17-18-19-20)22-13-8-3-4-9-16-14(13)21/h5-7,13H,3-4,8-9H2,1-2H3,(H,16,21)/t13-/m0/s1. The maximum absolute atomic E-state index is 12.1. The van der Waals surface area contributed by atoms with Crippen molar-refractivity contribution < 1.29 is 4.79 Å². The van der Waals surface area contributed by atoms with Crippen LogP contribution in [0.3, 0.4) is 0 Å². The third-order valence-electron chi connectivity index (χ3n) is 3.98. The van der Waals surface area contributed by atoms with Gasteiger partial charge in [-0.1, -0.05) is 30.3 Å². The Labute approximate surface area is 133 Å². The average Bonchev–Trinajstić information content (AvgIpc) is 2.86. The number of hydrogen-bond acceptors (Lipinski definition) is 5. The number of thioether (sulfide) groups is 1. The first-order chi connectivity index (χ1) is 10.7. The van der Waals surface area contributed by atoms with E-state index in [1.165, 1.54) is 17.3 Å². The third-order valence-corrected chi connectivity index (χ3v) is 5.18. The van der Waals surface area contributed by atoms with Gasteiger partial charge in [0.15, 0.2) is 0 Å². The van der Waals surface area contributed by atoms with Gasteiger partial charge >= 0.3 is 0 Å². The summed E-state index contributed by atoms with van der Waals surface area (Å²) in [5.41, 5.74) is 3.29. The number of aryl methyl sites for hydroxylation is 1. The molecule has 1 amide bonds. The Morgan fingerprint density at radius 1 is 1.32 bits per heavy atom. The number of nitrogens with zero attached hydrogens (tertiary/aromatic N) is 4. The minimum Gasteiger partial charge on any atom is -0.355 e. The number of nitrogens with one attached hydrogen (secondary N) is 1. The Kier molecular flexibility index (Phi) is 4.42. The van der Waals surface area contributed by atoms with Crippen molar-refractivity contribution in [1.29, 1.82) is 0 Å². The molecule has 7 heteroatoms. The molecule has 1 N–H and O–H groups in total. The van der Waals surface area contributed by atoms with Crippen molar-refractivity contribution in [3.05, 3.63) is 29.3 Å². The van der Waals surface area contributed by atoms with E-state index in [1.807, 2.05) is 12.1 Å². The number of hydrogen-bond donors (Lipinski definition) is 1. The first-order valence-corrected chi connectivity index (χ1v) is 8.34. The third kappa shape index (κ3) is 2.99. The summed E-state index contributed by atoms with van der Waals surface area (Å²) in [5.74, 6) is 0.0815. The molecule has 1 aliphatic rings. The maximum Gasteiger partial charge on any atom is 0.233 e. The first kappa shape index (κ1) is 15.0. The number of carbonyl (C=O) groups is 1. The highest BCUT2D eigenvalue weighted by Crippen LogP contribution is 2.28. The van der Waals surface area contributed by atoms with Crippen molar-refractivity contribution in [3.63, 3.8) is 0 Å². The molecule has 1 aromatic carbocycles. The van der Waals surface area contributed by atoms with Crippen molar-refractivity contribution >= 4 is 17.7 Å². The van der Waals surface area contributed by atoms with Crippen molar-refractivity contribution in [3.8, 4) is 5.69 Å². The number of aromatic nitrogens is 4. The van der Waals surface area contributed by atoms with Gasteiger partial charge in [-0.3, -0.25) is 4.79 Å². The molecule has 2 heterocycles. The Bertz CT molecular complexity index is 684. The van der Waals surface area contributed by atoms with E-state index in [0.717, 1.165) is 37.1 Å². The molecule has 22 heavy (non-hydrogen) atoms. The van der Waals surface area contributed by atoms with Crippen LogP contribution in [0.5, 0.6) is 0 Å². The highest BCUT2D eigenvalue weighted by atomic mass is 32.2. The van der Waals surface area contributed by atoms with Gasteiger partial charge in [0.2, 0.25) is 11.1 Å². The number of rotatable bonds is 3. The monoisotopic (exact) mass is 317 g/mol. The summed E-state index contributed by atoms with van der Waals surface area (Å²) in [6.45, 7) is 4.88. The number of benzene rings is 1. The molecule has 6 nitrogen and oxygen atoms in total. The highest BCUT2D eigenvalue weighted by Gasteiger charge is 2.25. The van der Waals surface area contributed by atoms with Crippen LogP contribution in [0.2, 0.25) is 0 Å². The fraction of sp³-hybridized carbons (Fsp3) is 0.467. The lowest BCUT2D eigenvalue weighted by Gasteiger charge is -2.13. The fourth-order valence-electron chi connectivity index (χ4n) is 2.52. The second kappa shape index (κ2) is 6.48. The lowest BCUT2D eigenvalue weighted by Crippen LogP contribution is -2.30. The van der Waals surface area contributed by atoms with E-state index in [-0.39, 0.29) is 11.2 Å². The molecule has 0 unspecified atom stereocenters. The first-order valence-electron chi connectivity index (χ1n) is 7.46. The average molecular weight is 317 g/mol. The van der Waals surface area contributed by atoms with E-state index in [0.29, 0.717) is 5.16 Å². The van der Waals surface area contributed by atoms with E-state index in [9.17, 15) is 4.79 Å². The Balaban J connectivity index is 1.89. The lowest BCUT2D eigenvalue weighted by molar-refractivity contribution is -0.120. The van der Waals surface area contributed by atoms with Crippen LogP contribution in [-0.2, 0) is 4.79 Å². The lowest BCUT2D eigenvalue weighted by atomic mass is 10.1. The predicted octanol–water partition coefficient (Wildman–Crippen LogP) is 2.04. The van der Waals surface area contributed by atoms with Crippen molar-refractivity contribution in [1.82, 2.24) is 25.5 Å². The summed E-state index contributed by atoms with van der Waals surface area (Å²) in [6, 6.07) is 6.05. The summed E-state index contributed by atoms with van der Waals surface area (Å²) in [4.78, 5) is 12.1. The number of carbonyl (C=O) groups excluding carboxylic acids is 1.